The van der Waals surface area contributed by atoms with Gasteiger partial charge in [-0.25, -0.2) is 0 Å². The van der Waals surface area contributed by atoms with Gasteiger partial charge in [-0.1, -0.05) is 0 Å². The Bertz CT molecular complexity index is 126. The van der Waals surface area contributed by atoms with Gasteiger partial charge in [0, 0.05) is 11.3 Å². The molecule has 0 radical (unpaired) electrons. The molecule has 3 atom stereocenters. The first kappa shape index (κ1) is 6.99. The van der Waals surface area contributed by atoms with Gasteiger partial charge < -0.3 is 5.32 Å². The number of fused-ring (bicyclic) bond motifs is 1. The predicted molar refractivity (Wildman–Crippen MR) is 46.4 cm³/mol. The zero-order chi connectivity index (χ0) is 6.97. The van der Waals surface area contributed by atoms with E-state index in [4.69, 9.17) is 0 Å². The maximum atomic E-state index is 3.54. The number of thioether (sulfide) groups is 1. The first-order valence-electron chi connectivity index (χ1n) is 4.21. The van der Waals surface area contributed by atoms with Crippen molar-refractivity contribution < 1.29 is 0 Å². The molecule has 2 heteroatoms. The third kappa shape index (κ3) is 1.19. The predicted octanol–water partition coefficient (Wildman–Crippen LogP) is 1.49. The molecule has 0 amide bonds. The fourth-order valence-corrected chi connectivity index (χ4v) is 3.64. The van der Waals surface area contributed by atoms with Crippen molar-refractivity contribution in [2.45, 2.75) is 31.1 Å². The quantitative estimate of drug-likeness (QED) is 0.572. The van der Waals surface area contributed by atoms with Crippen LogP contribution in [-0.4, -0.2) is 23.6 Å². The van der Waals surface area contributed by atoms with E-state index < -0.39 is 0 Å². The van der Waals surface area contributed by atoms with Crippen LogP contribution in [0.25, 0.3) is 0 Å². The van der Waals surface area contributed by atoms with Crippen LogP contribution in [0, 0.1) is 5.92 Å². The Morgan fingerprint density at radius 3 is 3.30 bits per heavy atom. The Morgan fingerprint density at radius 1 is 1.50 bits per heavy atom. The molecule has 0 aromatic carbocycles. The van der Waals surface area contributed by atoms with Gasteiger partial charge in [0.2, 0.25) is 0 Å². The van der Waals surface area contributed by atoms with E-state index in [1.165, 1.54) is 25.1 Å². The van der Waals surface area contributed by atoms with Gasteiger partial charge in [-0.2, -0.15) is 11.8 Å². The standard InChI is InChI=1S/C8H15NS/c1-6-4-8-7(5-9-6)2-3-10-8/h6-9H,2-5H2,1H3/t6-,7-,8+/m1/s1. The summed E-state index contributed by atoms with van der Waals surface area (Å²) in [5.74, 6) is 2.41. The van der Waals surface area contributed by atoms with Crippen LogP contribution in [0.4, 0.5) is 0 Å². The Kier molecular flexibility index (Phi) is 1.92. The molecule has 0 unspecified atom stereocenters. The highest BCUT2D eigenvalue weighted by molar-refractivity contribution is 8.00. The van der Waals surface area contributed by atoms with E-state index in [0.29, 0.717) is 0 Å². The Morgan fingerprint density at radius 2 is 2.40 bits per heavy atom. The van der Waals surface area contributed by atoms with Crippen LogP contribution < -0.4 is 5.32 Å². The molecule has 0 aromatic rings. The minimum atomic E-state index is 0.770. The Labute approximate surface area is 67.0 Å². The monoisotopic (exact) mass is 157 g/mol. The van der Waals surface area contributed by atoms with E-state index in [1.807, 2.05) is 0 Å². The molecule has 2 saturated heterocycles. The lowest BCUT2D eigenvalue weighted by molar-refractivity contribution is 0.340. The molecule has 2 heterocycles. The summed E-state index contributed by atoms with van der Waals surface area (Å²) in [5, 5.41) is 4.54. The number of nitrogens with one attached hydrogen (secondary N) is 1. The lowest BCUT2D eigenvalue weighted by atomic mass is 9.93. The zero-order valence-electron chi connectivity index (χ0n) is 6.47. The molecule has 1 N–H and O–H groups in total. The Balaban J connectivity index is 1.96. The van der Waals surface area contributed by atoms with Gasteiger partial charge in [-0.05, 0) is 38.0 Å². The van der Waals surface area contributed by atoms with Crippen LogP contribution in [0.15, 0.2) is 0 Å². The lowest BCUT2D eigenvalue weighted by Gasteiger charge is -2.30. The van der Waals surface area contributed by atoms with Crippen molar-refractivity contribution in [2.75, 3.05) is 12.3 Å². The molecule has 2 aliphatic rings. The van der Waals surface area contributed by atoms with Crippen molar-refractivity contribution in [3.63, 3.8) is 0 Å². The topological polar surface area (TPSA) is 12.0 Å². The molecule has 0 spiro atoms. The maximum absolute atomic E-state index is 3.54. The van der Waals surface area contributed by atoms with Crippen LogP contribution in [0.1, 0.15) is 19.8 Å². The van der Waals surface area contributed by atoms with Crippen molar-refractivity contribution in [2.24, 2.45) is 5.92 Å². The average Bonchev–Trinajstić information content (AvgIpc) is 2.33. The van der Waals surface area contributed by atoms with Crippen molar-refractivity contribution in [3.05, 3.63) is 0 Å². The maximum Gasteiger partial charge on any atom is 0.0102 e. The van der Waals surface area contributed by atoms with Crippen LogP contribution in [0.3, 0.4) is 0 Å². The largest absolute Gasteiger partial charge is 0.314 e. The molecule has 0 saturated carbocycles. The number of hydrogen-bond donors (Lipinski definition) is 1. The molecule has 58 valence electrons. The second-order valence-corrected chi connectivity index (χ2v) is 4.85. The fourth-order valence-electron chi connectivity index (χ4n) is 1.97. The van der Waals surface area contributed by atoms with Gasteiger partial charge in [0.25, 0.3) is 0 Å². The highest BCUT2D eigenvalue weighted by Gasteiger charge is 2.32. The van der Waals surface area contributed by atoms with E-state index in [9.17, 15) is 0 Å². The summed E-state index contributed by atoms with van der Waals surface area (Å²) in [6, 6.07) is 0.770. The third-order valence-electron chi connectivity index (χ3n) is 2.66. The van der Waals surface area contributed by atoms with Crippen LogP contribution in [0.5, 0.6) is 0 Å². The van der Waals surface area contributed by atoms with Crippen LogP contribution >= 0.6 is 11.8 Å². The first-order valence-corrected chi connectivity index (χ1v) is 5.26. The van der Waals surface area contributed by atoms with Crippen molar-refractivity contribution in [3.8, 4) is 0 Å². The summed E-state index contributed by atoms with van der Waals surface area (Å²) in [5.41, 5.74) is 0. The molecule has 10 heavy (non-hydrogen) atoms. The highest BCUT2D eigenvalue weighted by atomic mass is 32.2. The SMILES string of the molecule is C[C@@H]1C[C@@H]2SCC[C@@H]2CN1. The molecule has 2 rings (SSSR count). The minimum absolute atomic E-state index is 0.770. The zero-order valence-corrected chi connectivity index (χ0v) is 7.29. The van der Waals surface area contributed by atoms with E-state index in [2.05, 4.69) is 24.0 Å². The molecule has 2 aliphatic heterocycles. The van der Waals surface area contributed by atoms with Gasteiger partial charge in [0.15, 0.2) is 0 Å². The second-order valence-electron chi connectivity index (χ2n) is 3.50. The van der Waals surface area contributed by atoms with Gasteiger partial charge in [-0.15, -0.1) is 0 Å². The lowest BCUT2D eigenvalue weighted by Crippen LogP contribution is -2.41. The summed E-state index contributed by atoms with van der Waals surface area (Å²) < 4.78 is 0. The molecule has 0 bridgehead atoms. The van der Waals surface area contributed by atoms with Gasteiger partial charge >= 0.3 is 0 Å². The molecule has 0 aliphatic carbocycles. The van der Waals surface area contributed by atoms with Crippen molar-refractivity contribution in [1.82, 2.24) is 5.32 Å². The second kappa shape index (κ2) is 2.74. The van der Waals surface area contributed by atoms with Gasteiger partial charge in [-0.3, -0.25) is 0 Å². The summed E-state index contributed by atoms with van der Waals surface area (Å²) in [4.78, 5) is 0. The van der Waals surface area contributed by atoms with E-state index in [1.54, 1.807) is 0 Å². The van der Waals surface area contributed by atoms with E-state index >= 15 is 0 Å². The normalized spacial score (nSPS) is 47.1. The minimum Gasteiger partial charge on any atom is -0.314 e. The van der Waals surface area contributed by atoms with Gasteiger partial charge in [0.05, 0.1) is 0 Å². The summed E-state index contributed by atoms with van der Waals surface area (Å²) >= 11 is 2.19. The van der Waals surface area contributed by atoms with E-state index in [0.717, 1.165) is 17.2 Å². The highest BCUT2D eigenvalue weighted by Crippen LogP contribution is 2.36. The Hall–Kier alpha value is 0.310. The molecule has 2 fully saturated rings. The summed E-state index contributed by atoms with van der Waals surface area (Å²) in [6.07, 6.45) is 2.85. The number of piperidine rings is 1. The molecular formula is C8H15NS. The average molecular weight is 157 g/mol. The molecule has 1 nitrogen and oxygen atoms in total. The van der Waals surface area contributed by atoms with Crippen molar-refractivity contribution in [1.29, 1.82) is 0 Å². The summed E-state index contributed by atoms with van der Waals surface area (Å²) in [7, 11) is 0. The van der Waals surface area contributed by atoms with Crippen molar-refractivity contribution >= 4 is 11.8 Å². The van der Waals surface area contributed by atoms with Crippen LogP contribution in [0.2, 0.25) is 0 Å². The molecular weight excluding hydrogens is 142 g/mol. The van der Waals surface area contributed by atoms with Crippen LogP contribution in [-0.2, 0) is 0 Å². The number of rotatable bonds is 0. The molecule has 0 aromatic heterocycles. The fraction of sp³-hybridized carbons (Fsp3) is 1.00. The number of hydrogen-bond acceptors (Lipinski definition) is 2. The smallest absolute Gasteiger partial charge is 0.0102 e. The third-order valence-corrected chi connectivity index (χ3v) is 4.14. The van der Waals surface area contributed by atoms with Gasteiger partial charge in [0.1, 0.15) is 0 Å². The first-order chi connectivity index (χ1) is 4.86. The summed E-state index contributed by atoms with van der Waals surface area (Å²) in [6.45, 7) is 3.58. The van der Waals surface area contributed by atoms with E-state index in [-0.39, 0.29) is 0 Å².